The van der Waals surface area contributed by atoms with Gasteiger partial charge in [-0.2, -0.15) is 0 Å². The second-order valence-corrected chi connectivity index (χ2v) is 8.64. The van der Waals surface area contributed by atoms with E-state index < -0.39 is 5.79 Å². The van der Waals surface area contributed by atoms with Crippen LogP contribution in [0.3, 0.4) is 0 Å². The molecule has 0 saturated heterocycles. The highest BCUT2D eigenvalue weighted by molar-refractivity contribution is 5.98. The minimum Gasteiger partial charge on any atom is -0.458 e. The number of hydrogen-bond donors (Lipinski definition) is 1. The van der Waals surface area contributed by atoms with Crippen LogP contribution in [0.15, 0.2) is 121 Å². The molecule has 5 aromatic carbocycles. The Hall–Kier alpha value is -4.34. The zero-order valence-electron chi connectivity index (χ0n) is 19.1. The molecule has 1 aliphatic rings. The van der Waals surface area contributed by atoms with Crippen molar-refractivity contribution in [3.8, 4) is 17.2 Å². The van der Waals surface area contributed by atoms with Gasteiger partial charge in [0, 0.05) is 17.6 Å². The lowest BCUT2D eigenvalue weighted by Gasteiger charge is -2.34. The van der Waals surface area contributed by atoms with Crippen LogP contribution in [0.2, 0.25) is 0 Å². The van der Waals surface area contributed by atoms with Crippen molar-refractivity contribution in [2.75, 3.05) is 0 Å². The number of benzene rings is 5. The number of rotatable bonds is 5. The van der Waals surface area contributed by atoms with Crippen molar-refractivity contribution in [1.82, 2.24) is 0 Å². The maximum Gasteiger partial charge on any atom is 0.239 e. The fraction of sp³-hybridized carbons (Fsp3) is 0.0625. The van der Waals surface area contributed by atoms with Crippen LogP contribution in [-0.4, -0.2) is 10.9 Å². The van der Waals surface area contributed by atoms with Crippen molar-refractivity contribution >= 4 is 22.4 Å². The molecule has 1 N–H and O–H groups in total. The van der Waals surface area contributed by atoms with Gasteiger partial charge >= 0.3 is 0 Å². The lowest BCUT2D eigenvalue weighted by atomic mass is 9.85. The van der Waals surface area contributed by atoms with Crippen molar-refractivity contribution < 1.29 is 14.6 Å². The van der Waals surface area contributed by atoms with Gasteiger partial charge in [0.15, 0.2) is 0 Å². The molecule has 6 rings (SSSR count). The number of aliphatic hydroxyl groups is 1. The van der Waals surface area contributed by atoms with Gasteiger partial charge in [-0.25, -0.2) is 0 Å². The van der Waals surface area contributed by atoms with Gasteiger partial charge in [0.1, 0.15) is 17.2 Å². The molecule has 3 nitrogen and oxygen atoms in total. The minimum atomic E-state index is -1.59. The first-order chi connectivity index (χ1) is 17.2. The highest BCUT2D eigenvalue weighted by atomic mass is 16.6. The smallest absolute Gasteiger partial charge is 0.239 e. The molecule has 0 bridgehead atoms. The van der Waals surface area contributed by atoms with Gasteiger partial charge in [-0.15, -0.1) is 0 Å². The van der Waals surface area contributed by atoms with E-state index >= 15 is 0 Å². The number of ether oxygens (including phenoxy) is 2. The van der Waals surface area contributed by atoms with Crippen LogP contribution in [0.25, 0.3) is 22.4 Å². The van der Waals surface area contributed by atoms with Crippen molar-refractivity contribution in [3.05, 3.63) is 137 Å². The monoisotopic (exact) mass is 456 g/mol. The van der Waals surface area contributed by atoms with E-state index in [9.17, 15) is 5.11 Å². The van der Waals surface area contributed by atoms with Crippen LogP contribution in [-0.2, 0) is 0 Å². The maximum absolute atomic E-state index is 12.2. The van der Waals surface area contributed by atoms with Gasteiger partial charge < -0.3 is 14.6 Å². The van der Waals surface area contributed by atoms with E-state index in [1.54, 1.807) is 0 Å². The summed E-state index contributed by atoms with van der Waals surface area (Å²) in [6.07, 6.45) is 2.34. The van der Waals surface area contributed by atoms with Crippen LogP contribution in [0.5, 0.6) is 17.2 Å². The molecule has 0 fully saturated rings. The molecule has 0 spiro atoms. The van der Waals surface area contributed by atoms with E-state index in [-0.39, 0.29) is 0 Å². The minimum absolute atomic E-state index is 0.308. The van der Waals surface area contributed by atoms with Crippen molar-refractivity contribution in [2.45, 2.75) is 12.2 Å². The van der Waals surface area contributed by atoms with Gasteiger partial charge in [-0.1, -0.05) is 97.1 Å². The summed E-state index contributed by atoms with van der Waals surface area (Å²) in [6.45, 7) is 0. The Balaban J connectivity index is 1.66. The SMILES string of the molecule is OC1(Oc2ccccc2)CC=c2ccccc2=C1c1c(Oc2ccccc2)ccc2ccccc12. The molecule has 0 heterocycles. The predicted octanol–water partition coefficient (Wildman–Crippen LogP) is 5.78. The molecular weight excluding hydrogens is 432 g/mol. The molecule has 0 aliphatic heterocycles. The van der Waals surface area contributed by atoms with Crippen LogP contribution < -0.4 is 19.9 Å². The third-order valence-corrected chi connectivity index (χ3v) is 6.36. The number of para-hydroxylation sites is 2. The summed E-state index contributed by atoms with van der Waals surface area (Å²) in [4.78, 5) is 0. The van der Waals surface area contributed by atoms with E-state index in [1.807, 2.05) is 103 Å². The summed E-state index contributed by atoms with van der Waals surface area (Å²) in [5.74, 6) is 0.407. The second-order valence-electron chi connectivity index (χ2n) is 8.64. The van der Waals surface area contributed by atoms with Gasteiger partial charge in [-0.3, -0.25) is 0 Å². The van der Waals surface area contributed by atoms with Crippen LogP contribution in [0, 0.1) is 0 Å². The highest BCUT2D eigenvalue weighted by Gasteiger charge is 2.39. The summed E-state index contributed by atoms with van der Waals surface area (Å²) in [6, 6.07) is 39.5. The van der Waals surface area contributed by atoms with E-state index in [4.69, 9.17) is 9.47 Å². The zero-order chi connectivity index (χ0) is 23.7. The van der Waals surface area contributed by atoms with E-state index in [0.717, 1.165) is 32.5 Å². The predicted molar refractivity (Wildman–Crippen MR) is 140 cm³/mol. The van der Waals surface area contributed by atoms with Crippen molar-refractivity contribution in [3.63, 3.8) is 0 Å². The van der Waals surface area contributed by atoms with Gasteiger partial charge in [-0.05, 0) is 51.5 Å². The standard InChI is InChI=1S/C32H24O3/c33-32(35-26-15-5-2-6-16-26)22-21-24-12-8-10-18-28(24)31(32)30-27-17-9-7-11-23(27)19-20-29(30)34-25-13-3-1-4-14-25/h1-21,33H,22H2. The largest absolute Gasteiger partial charge is 0.458 e. The number of fused-ring (bicyclic) bond motifs is 2. The van der Waals surface area contributed by atoms with E-state index in [0.29, 0.717) is 23.5 Å². The first-order valence-corrected chi connectivity index (χ1v) is 11.7. The summed E-state index contributed by atoms with van der Waals surface area (Å²) in [7, 11) is 0. The fourth-order valence-electron chi connectivity index (χ4n) is 4.78. The van der Waals surface area contributed by atoms with Crippen LogP contribution in [0.1, 0.15) is 12.0 Å². The number of hydrogen-bond acceptors (Lipinski definition) is 3. The van der Waals surface area contributed by atoms with Gasteiger partial charge in [0.25, 0.3) is 0 Å². The third kappa shape index (κ3) is 3.96. The molecule has 35 heavy (non-hydrogen) atoms. The van der Waals surface area contributed by atoms with E-state index in [1.165, 1.54) is 0 Å². The molecule has 0 radical (unpaired) electrons. The molecule has 0 amide bonds. The van der Waals surface area contributed by atoms with E-state index in [2.05, 4.69) is 24.3 Å². The van der Waals surface area contributed by atoms with Crippen molar-refractivity contribution in [1.29, 1.82) is 0 Å². The average molecular weight is 457 g/mol. The lowest BCUT2D eigenvalue weighted by molar-refractivity contribution is -0.0798. The maximum atomic E-state index is 12.2. The summed E-state index contributed by atoms with van der Waals surface area (Å²) >= 11 is 0. The zero-order valence-corrected chi connectivity index (χ0v) is 19.1. The molecule has 170 valence electrons. The Labute approximate surface area is 203 Å². The van der Waals surface area contributed by atoms with Gasteiger partial charge in [0.2, 0.25) is 5.79 Å². The Morgan fingerprint density at radius 2 is 1.29 bits per heavy atom. The summed E-state index contributed by atoms with van der Waals surface area (Å²) in [5.41, 5.74) is 1.52. The first-order valence-electron chi connectivity index (χ1n) is 11.7. The Kier molecular flexibility index (Phi) is 5.32. The van der Waals surface area contributed by atoms with Crippen LogP contribution >= 0.6 is 0 Å². The molecule has 0 saturated carbocycles. The third-order valence-electron chi connectivity index (χ3n) is 6.36. The second kappa shape index (κ2) is 8.79. The Morgan fingerprint density at radius 1 is 0.629 bits per heavy atom. The van der Waals surface area contributed by atoms with Crippen LogP contribution in [0.4, 0.5) is 0 Å². The fourth-order valence-corrected chi connectivity index (χ4v) is 4.78. The molecule has 5 aromatic rings. The molecule has 1 atom stereocenters. The molecular formula is C32H24O3. The lowest BCUT2D eigenvalue weighted by Crippen LogP contribution is -2.47. The average Bonchev–Trinajstić information content (AvgIpc) is 2.90. The molecule has 1 aliphatic carbocycles. The molecule has 1 unspecified atom stereocenters. The summed E-state index contributed by atoms with van der Waals surface area (Å²) < 4.78 is 12.8. The highest BCUT2D eigenvalue weighted by Crippen LogP contribution is 2.42. The van der Waals surface area contributed by atoms with Gasteiger partial charge in [0.05, 0.1) is 0 Å². The van der Waals surface area contributed by atoms with Crippen molar-refractivity contribution in [2.24, 2.45) is 0 Å². The molecule has 3 heteroatoms. The Bertz CT molecular complexity index is 1620. The summed E-state index contributed by atoms with van der Waals surface area (Å²) in [5, 5.41) is 16.2. The topological polar surface area (TPSA) is 38.7 Å². The first kappa shape index (κ1) is 21.2. The Morgan fingerprint density at radius 3 is 2.09 bits per heavy atom. The quantitative estimate of drug-likeness (QED) is 0.341. The molecule has 0 aromatic heterocycles. The normalized spacial score (nSPS) is 16.9.